The summed E-state index contributed by atoms with van der Waals surface area (Å²) in [5, 5.41) is 6.39. The molecule has 116 valence electrons. The van der Waals surface area contributed by atoms with E-state index >= 15 is 0 Å². The molecule has 5 heteroatoms. The smallest absolute Gasteiger partial charge is 0.223 e. The molecule has 0 bridgehead atoms. The molecule has 2 fully saturated rings. The van der Waals surface area contributed by atoms with Crippen LogP contribution in [0, 0.1) is 18.3 Å². The van der Waals surface area contributed by atoms with Crippen LogP contribution in [0.3, 0.4) is 0 Å². The zero-order valence-corrected chi connectivity index (χ0v) is 12.8. The second kappa shape index (κ2) is 5.09. The first kappa shape index (κ1) is 13.8. The SMILES string of the molecule is Cc1cccc2oc(CCNC(=O)C3CC34CCNC4)nc12. The van der Waals surface area contributed by atoms with Gasteiger partial charge in [-0.15, -0.1) is 0 Å². The molecule has 2 N–H and O–H groups in total. The summed E-state index contributed by atoms with van der Waals surface area (Å²) in [6.45, 7) is 4.66. The number of rotatable bonds is 4. The van der Waals surface area contributed by atoms with Crippen molar-refractivity contribution in [2.45, 2.75) is 26.2 Å². The molecule has 2 unspecified atom stereocenters. The van der Waals surface area contributed by atoms with Crippen molar-refractivity contribution in [2.75, 3.05) is 19.6 Å². The predicted molar refractivity (Wildman–Crippen MR) is 83.5 cm³/mol. The summed E-state index contributed by atoms with van der Waals surface area (Å²) >= 11 is 0. The van der Waals surface area contributed by atoms with Crippen molar-refractivity contribution < 1.29 is 9.21 Å². The van der Waals surface area contributed by atoms with Gasteiger partial charge in [0.25, 0.3) is 0 Å². The van der Waals surface area contributed by atoms with E-state index in [0.717, 1.165) is 42.6 Å². The molecule has 1 saturated heterocycles. The zero-order chi connectivity index (χ0) is 15.2. The first-order valence-electron chi connectivity index (χ1n) is 8.01. The molecule has 1 aliphatic carbocycles. The summed E-state index contributed by atoms with van der Waals surface area (Å²) in [6.07, 6.45) is 2.81. The minimum Gasteiger partial charge on any atom is -0.441 e. The topological polar surface area (TPSA) is 67.2 Å². The van der Waals surface area contributed by atoms with Crippen molar-refractivity contribution in [2.24, 2.45) is 11.3 Å². The van der Waals surface area contributed by atoms with Crippen LogP contribution in [-0.2, 0) is 11.2 Å². The van der Waals surface area contributed by atoms with E-state index in [1.807, 2.05) is 25.1 Å². The highest BCUT2D eigenvalue weighted by molar-refractivity contribution is 5.82. The van der Waals surface area contributed by atoms with Crippen molar-refractivity contribution in [3.63, 3.8) is 0 Å². The fourth-order valence-electron chi connectivity index (χ4n) is 3.61. The van der Waals surface area contributed by atoms with E-state index in [9.17, 15) is 4.79 Å². The molecule has 1 spiro atoms. The predicted octanol–water partition coefficient (Wildman–Crippen LogP) is 1.79. The number of aromatic nitrogens is 1. The van der Waals surface area contributed by atoms with Crippen LogP contribution in [0.1, 0.15) is 24.3 Å². The van der Waals surface area contributed by atoms with Gasteiger partial charge in [0.05, 0.1) is 0 Å². The van der Waals surface area contributed by atoms with E-state index in [1.165, 1.54) is 0 Å². The molecule has 22 heavy (non-hydrogen) atoms. The first-order valence-corrected chi connectivity index (χ1v) is 8.01. The maximum absolute atomic E-state index is 12.2. The van der Waals surface area contributed by atoms with Gasteiger partial charge in [0.2, 0.25) is 5.91 Å². The van der Waals surface area contributed by atoms with E-state index in [0.29, 0.717) is 18.9 Å². The molecule has 1 aliphatic heterocycles. The third-order valence-electron chi connectivity index (χ3n) is 5.09. The monoisotopic (exact) mass is 299 g/mol. The van der Waals surface area contributed by atoms with Gasteiger partial charge in [0.1, 0.15) is 5.52 Å². The largest absolute Gasteiger partial charge is 0.441 e. The molecule has 1 aromatic heterocycles. The Bertz CT molecular complexity index is 716. The van der Waals surface area contributed by atoms with Crippen LogP contribution in [-0.4, -0.2) is 30.5 Å². The van der Waals surface area contributed by atoms with Crippen LogP contribution in [0.4, 0.5) is 0 Å². The Labute approximate surface area is 129 Å². The van der Waals surface area contributed by atoms with Crippen molar-refractivity contribution in [1.29, 1.82) is 0 Å². The van der Waals surface area contributed by atoms with E-state index in [2.05, 4.69) is 15.6 Å². The van der Waals surface area contributed by atoms with Gasteiger partial charge in [-0.3, -0.25) is 4.79 Å². The van der Waals surface area contributed by atoms with Crippen LogP contribution in [0.2, 0.25) is 0 Å². The summed E-state index contributed by atoms with van der Waals surface area (Å²) in [7, 11) is 0. The van der Waals surface area contributed by atoms with Crippen molar-refractivity contribution in [1.82, 2.24) is 15.6 Å². The Morgan fingerprint density at radius 2 is 2.45 bits per heavy atom. The maximum atomic E-state index is 12.2. The maximum Gasteiger partial charge on any atom is 0.223 e. The average Bonchev–Trinajstić information content (AvgIpc) is 2.84. The number of fused-ring (bicyclic) bond motifs is 1. The van der Waals surface area contributed by atoms with Gasteiger partial charge in [-0.05, 0) is 43.4 Å². The molecule has 2 aromatic rings. The number of oxazole rings is 1. The minimum atomic E-state index is 0.191. The fraction of sp³-hybridized carbons (Fsp3) is 0.529. The van der Waals surface area contributed by atoms with Gasteiger partial charge in [0.15, 0.2) is 11.5 Å². The van der Waals surface area contributed by atoms with Crippen LogP contribution in [0.25, 0.3) is 11.1 Å². The van der Waals surface area contributed by atoms with Gasteiger partial charge in [0, 0.05) is 25.4 Å². The van der Waals surface area contributed by atoms with Crippen LogP contribution < -0.4 is 10.6 Å². The minimum absolute atomic E-state index is 0.191. The lowest BCUT2D eigenvalue weighted by atomic mass is 10.0. The van der Waals surface area contributed by atoms with E-state index in [1.54, 1.807) is 0 Å². The summed E-state index contributed by atoms with van der Waals surface area (Å²) in [5.41, 5.74) is 3.12. The highest BCUT2D eigenvalue weighted by atomic mass is 16.3. The molecule has 1 saturated carbocycles. The number of amides is 1. The average molecular weight is 299 g/mol. The highest BCUT2D eigenvalue weighted by Gasteiger charge is 2.58. The van der Waals surface area contributed by atoms with Gasteiger partial charge in [-0.1, -0.05) is 12.1 Å². The van der Waals surface area contributed by atoms with E-state index in [-0.39, 0.29) is 17.2 Å². The molecule has 1 aromatic carbocycles. The van der Waals surface area contributed by atoms with Crippen LogP contribution in [0.15, 0.2) is 22.6 Å². The first-order chi connectivity index (χ1) is 10.7. The summed E-state index contributed by atoms with van der Waals surface area (Å²) in [5.74, 6) is 1.09. The lowest BCUT2D eigenvalue weighted by Crippen LogP contribution is -2.29. The second-order valence-electron chi connectivity index (χ2n) is 6.62. The highest BCUT2D eigenvalue weighted by Crippen LogP contribution is 2.56. The molecular weight excluding hydrogens is 278 g/mol. The number of carbonyl (C=O) groups is 1. The van der Waals surface area contributed by atoms with E-state index in [4.69, 9.17) is 4.42 Å². The van der Waals surface area contributed by atoms with Gasteiger partial charge < -0.3 is 15.1 Å². The second-order valence-corrected chi connectivity index (χ2v) is 6.62. The van der Waals surface area contributed by atoms with Gasteiger partial charge in [-0.25, -0.2) is 4.98 Å². The molecule has 2 aliphatic rings. The molecule has 4 rings (SSSR count). The number of para-hydroxylation sites is 1. The van der Waals surface area contributed by atoms with E-state index < -0.39 is 0 Å². The van der Waals surface area contributed by atoms with Crippen molar-refractivity contribution >= 4 is 17.0 Å². The number of nitrogens with one attached hydrogen (secondary N) is 2. The van der Waals surface area contributed by atoms with Gasteiger partial charge >= 0.3 is 0 Å². The van der Waals surface area contributed by atoms with Crippen molar-refractivity contribution in [3.8, 4) is 0 Å². The Kier molecular flexibility index (Phi) is 3.18. The van der Waals surface area contributed by atoms with Gasteiger partial charge in [-0.2, -0.15) is 0 Å². The quantitative estimate of drug-likeness (QED) is 0.903. The third-order valence-corrected chi connectivity index (χ3v) is 5.09. The molecule has 2 heterocycles. The van der Waals surface area contributed by atoms with Crippen LogP contribution >= 0.6 is 0 Å². The van der Waals surface area contributed by atoms with Crippen molar-refractivity contribution in [3.05, 3.63) is 29.7 Å². The number of benzene rings is 1. The Hall–Kier alpha value is -1.88. The lowest BCUT2D eigenvalue weighted by Gasteiger charge is -2.07. The number of aryl methyl sites for hydroxylation is 1. The number of hydrogen-bond donors (Lipinski definition) is 2. The Morgan fingerprint density at radius 1 is 1.55 bits per heavy atom. The summed E-state index contributed by atoms with van der Waals surface area (Å²) in [4.78, 5) is 16.7. The Balaban J connectivity index is 1.33. The standard InChI is InChI=1S/C17H21N3O2/c1-11-3-2-4-13-15(11)20-14(22-13)5-7-19-16(21)12-9-17(12)6-8-18-10-17/h2-4,12,18H,5-10H2,1H3,(H,19,21). The summed E-state index contributed by atoms with van der Waals surface area (Å²) in [6, 6.07) is 5.92. The summed E-state index contributed by atoms with van der Waals surface area (Å²) < 4.78 is 5.73. The number of nitrogens with zero attached hydrogens (tertiary/aromatic N) is 1. The molecule has 1 amide bonds. The Morgan fingerprint density at radius 3 is 3.23 bits per heavy atom. The third kappa shape index (κ3) is 2.29. The normalized spacial score (nSPS) is 26.7. The molecule has 5 nitrogen and oxygen atoms in total. The van der Waals surface area contributed by atoms with Crippen LogP contribution in [0.5, 0.6) is 0 Å². The molecular formula is C17H21N3O2. The number of carbonyl (C=O) groups excluding carboxylic acids is 1. The zero-order valence-electron chi connectivity index (χ0n) is 12.8. The fourth-order valence-corrected chi connectivity index (χ4v) is 3.61. The molecule has 0 radical (unpaired) electrons. The lowest BCUT2D eigenvalue weighted by molar-refractivity contribution is -0.123. The number of hydrogen-bond acceptors (Lipinski definition) is 4. The molecule has 2 atom stereocenters.